The second kappa shape index (κ2) is 8.09. The van der Waals surface area contributed by atoms with Crippen LogP contribution in [0.15, 0.2) is 29.2 Å². The maximum absolute atomic E-state index is 12.1. The van der Waals surface area contributed by atoms with Crippen LogP contribution in [-0.4, -0.2) is 24.3 Å². The number of nitrogens with zero attached hydrogens (tertiary/aromatic N) is 1. The Balaban J connectivity index is 1.76. The van der Waals surface area contributed by atoms with Crippen LogP contribution in [0.4, 0.5) is 0 Å². The van der Waals surface area contributed by atoms with Gasteiger partial charge in [0.2, 0.25) is 5.91 Å². The van der Waals surface area contributed by atoms with Crippen LogP contribution in [0.5, 0.6) is 5.75 Å². The maximum Gasteiger partial charge on any atom is 0.222 e. The molecule has 2 rings (SSSR count). The van der Waals surface area contributed by atoms with Crippen LogP contribution < -0.4 is 10.1 Å². The summed E-state index contributed by atoms with van der Waals surface area (Å²) in [6, 6.07) is 10.1. The van der Waals surface area contributed by atoms with Crippen molar-refractivity contribution < 1.29 is 9.53 Å². The van der Waals surface area contributed by atoms with Crippen LogP contribution >= 0.6 is 11.8 Å². The molecule has 0 aromatic heterocycles. The molecule has 1 aromatic rings. The molecule has 5 heteroatoms. The quantitative estimate of drug-likeness (QED) is 0.815. The average Bonchev–Trinajstić information content (AvgIpc) is 2.56. The topological polar surface area (TPSA) is 62.1 Å². The lowest BCUT2D eigenvalue weighted by molar-refractivity contribution is -0.122. The van der Waals surface area contributed by atoms with E-state index < -0.39 is 5.54 Å². The molecule has 1 saturated carbocycles. The Kier molecular flexibility index (Phi) is 6.14. The molecule has 1 aromatic carbocycles. The molecule has 0 heterocycles. The van der Waals surface area contributed by atoms with Gasteiger partial charge in [0.05, 0.1) is 13.2 Å². The van der Waals surface area contributed by atoms with Gasteiger partial charge in [-0.3, -0.25) is 4.79 Å². The van der Waals surface area contributed by atoms with Gasteiger partial charge in [-0.2, -0.15) is 5.26 Å². The minimum atomic E-state index is -0.625. The molecule has 22 heavy (non-hydrogen) atoms. The monoisotopic (exact) mass is 318 g/mol. The summed E-state index contributed by atoms with van der Waals surface area (Å²) in [7, 11) is 1.64. The van der Waals surface area contributed by atoms with Crippen LogP contribution in [0.3, 0.4) is 0 Å². The summed E-state index contributed by atoms with van der Waals surface area (Å²) < 4.78 is 5.12. The summed E-state index contributed by atoms with van der Waals surface area (Å²) in [6.45, 7) is 0. The molecular weight excluding hydrogens is 296 g/mol. The highest BCUT2D eigenvalue weighted by atomic mass is 32.2. The minimum absolute atomic E-state index is 0.0236. The molecular formula is C17H22N2O2S. The van der Waals surface area contributed by atoms with E-state index >= 15 is 0 Å². The molecule has 0 aliphatic heterocycles. The number of hydrogen-bond donors (Lipinski definition) is 1. The summed E-state index contributed by atoms with van der Waals surface area (Å²) in [5.41, 5.74) is -0.625. The number of nitriles is 1. The van der Waals surface area contributed by atoms with E-state index in [2.05, 4.69) is 11.4 Å². The number of amides is 1. The Morgan fingerprint density at radius 2 is 2.00 bits per heavy atom. The van der Waals surface area contributed by atoms with Crippen LogP contribution in [0.25, 0.3) is 0 Å². The predicted molar refractivity (Wildman–Crippen MR) is 87.9 cm³/mol. The SMILES string of the molecule is COc1ccc(SCCC(=O)NC2(C#N)CCCCC2)cc1. The van der Waals surface area contributed by atoms with E-state index in [1.807, 2.05) is 24.3 Å². The van der Waals surface area contributed by atoms with Crippen molar-refractivity contribution in [1.29, 1.82) is 5.26 Å². The van der Waals surface area contributed by atoms with E-state index in [4.69, 9.17) is 4.74 Å². The van der Waals surface area contributed by atoms with Crippen LogP contribution in [-0.2, 0) is 4.79 Å². The average molecular weight is 318 g/mol. The molecule has 0 radical (unpaired) electrons. The van der Waals surface area contributed by atoms with Crippen molar-refractivity contribution in [1.82, 2.24) is 5.32 Å². The van der Waals surface area contributed by atoms with Crippen molar-refractivity contribution in [3.63, 3.8) is 0 Å². The number of hydrogen-bond acceptors (Lipinski definition) is 4. The predicted octanol–water partition coefficient (Wildman–Crippen LogP) is 3.52. The largest absolute Gasteiger partial charge is 0.497 e. The zero-order valence-electron chi connectivity index (χ0n) is 12.9. The lowest BCUT2D eigenvalue weighted by atomic mass is 9.83. The Morgan fingerprint density at radius 3 is 2.59 bits per heavy atom. The Hall–Kier alpha value is -1.67. The summed E-state index contributed by atoms with van der Waals surface area (Å²) in [6.07, 6.45) is 5.19. The fraction of sp³-hybridized carbons (Fsp3) is 0.529. The first kappa shape index (κ1) is 16.7. The zero-order chi connectivity index (χ0) is 15.8. The summed E-state index contributed by atoms with van der Waals surface area (Å²) in [4.78, 5) is 13.2. The van der Waals surface area contributed by atoms with Gasteiger partial charge in [-0.15, -0.1) is 11.8 Å². The van der Waals surface area contributed by atoms with E-state index in [-0.39, 0.29) is 5.91 Å². The highest BCUT2D eigenvalue weighted by molar-refractivity contribution is 7.99. The van der Waals surface area contributed by atoms with Gasteiger partial charge >= 0.3 is 0 Å². The van der Waals surface area contributed by atoms with Gasteiger partial charge in [-0.05, 0) is 37.1 Å². The van der Waals surface area contributed by atoms with E-state index in [0.29, 0.717) is 12.2 Å². The molecule has 0 bridgehead atoms. The number of methoxy groups -OCH3 is 1. The van der Waals surface area contributed by atoms with Crippen LogP contribution in [0.1, 0.15) is 38.5 Å². The number of carbonyl (C=O) groups excluding carboxylic acids is 1. The molecule has 1 amide bonds. The Bertz CT molecular complexity index is 531. The van der Waals surface area contributed by atoms with Gasteiger partial charge in [0, 0.05) is 17.1 Å². The molecule has 1 N–H and O–H groups in total. The molecule has 118 valence electrons. The number of carbonyl (C=O) groups is 1. The Labute approximate surface area is 136 Å². The van der Waals surface area contributed by atoms with Crippen molar-refractivity contribution in [2.24, 2.45) is 0 Å². The third-order valence-corrected chi connectivity index (χ3v) is 4.97. The molecule has 0 atom stereocenters. The van der Waals surface area contributed by atoms with E-state index in [1.54, 1.807) is 18.9 Å². The van der Waals surface area contributed by atoms with E-state index in [9.17, 15) is 10.1 Å². The first-order valence-corrected chi connectivity index (χ1v) is 8.65. The van der Waals surface area contributed by atoms with Gasteiger partial charge < -0.3 is 10.1 Å². The second-order valence-corrected chi connectivity index (χ2v) is 6.75. The van der Waals surface area contributed by atoms with Gasteiger partial charge in [0.1, 0.15) is 11.3 Å². The third kappa shape index (κ3) is 4.67. The van der Waals surface area contributed by atoms with Gasteiger partial charge in [0.25, 0.3) is 0 Å². The number of nitrogens with one attached hydrogen (secondary N) is 1. The van der Waals surface area contributed by atoms with E-state index in [1.165, 1.54) is 0 Å². The zero-order valence-corrected chi connectivity index (χ0v) is 13.7. The Morgan fingerprint density at radius 1 is 1.32 bits per heavy atom. The summed E-state index contributed by atoms with van der Waals surface area (Å²) in [5.74, 6) is 1.51. The molecule has 1 fully saturated rings. The lowest BCUT2D eigenvalue weighted by Gasteiger charge is -2.31. The normalized spacial score (nSPS) is 16.5. The third-order valence-electron chi connectivity index (χ3n) is 3.96. The van der Waals surface area contributed by atoms with Gasteiger partial charge in [0.15, 0.2) is 0 Å². The number of benzene rings is 1. The standard InChI is InChI=1S/C17H22N2O2S/c1-21-14-5-7-15(8-6-14)22-12-9-16(20)19-17(13-18)10-3-2-4-11-17/h5-8H,2-4,9-12H2,1H3,(H,19,20). The molecule has 0 unspecified atom stereocenters. The van der Waals surface area contributed by atoms with Crippen molar-refractivity contribution in [2.45, 2.75) is 49.0 Å². The van der Waals surface area contributed by atoms with Crippen molar-refractivity contribution in [3.05, 3.63) is 24.3 Å². The van der Waals surface area contributed by atoms with Crippen molar-refractivity contribution >= 4 is 17.7 Å². The van der Waals surface area contributed by atoms with E-state index in [0.717, 1.165) is 42.7 Å². The fourth-order valence-corrected chi connectivity index (χ4v) is 3.53. The maximum atomic E-state index is 12.1. The summed E-state index contributed by atoms with van der Waals surface area (Å²) in [5, 5.41) is 12.3. The molecule has 0 spiro atoms. The van der Waals surface area contributed by atoms with Crippen molar-refractivity contribution in [3.8, 4) is 11.8 Å². The summed E-state index contributed by atoms with van der Waals surface area (Å²) >= 11 is 1.64. The highest BCUT2D eigenvalue weighted by Crippen LogP contribution is 2.28. The minimum Gasteiger partial charge on any atom is -0.497 e. The molecule has 0 saturated heterocycles. The van der Waals surface area contributed by atoms with Gasteiger partial charge in [-0.25, -0.2) is 0 Å². The first-order valence-electron chi connectivity index (χ1n) is 7.66. The molecule has 4 nitrogen and oxygen atoms in total. The number of rotatable bonds is 6. The van der Waals surface area contributed by atoms with Crippen LogP contribution in [0, 0.1) is 11.3 Å². The molecule has 1 aliphatic rings. The number of ether oxygens (including phenoxy) is 1. The van der Waals surface area contributed by atoms with Crippen LogP contribution in [0.2, 0.25) is 0 Å². The molecule has 1 aliphatic carbocycles. The second-order valence-electron chi connectivity index (χ2n) is 5.58. The van der Waals surface area contributed by atoms with Crippen molar-refractivity contribution in [2.75, 3.05) is 12.9 Å². The highest BCUT2D eigenvalue weighted by Gasteiger charge is 2.33. The number of thioether (sulfide) groups is 1. The smallest absolute Gasteiger partial charge is 0.222 e. The first-order chi connectivity index (χ1) is 10.7. The van der Waals surface area contributed by atoms with Gasteiger partial charge in [-0.1, -0.05) is 19.3 Å². The lowest BCUT2D eigenvalue weighted by Crippen LogP contribution is -2.48. The fourth-order valence-electron chi connectivity index (χ4n) is 2.68.